The highest BCUT2D eigenvalue weighted by Gasteiger charge is 2.15. The normalized spacial score (nSPS) is 16.9. The van der Waals surface area contributed by atoms with Gasteiger partial charge in [-0.2, -0.15) is 0 Å². The number of benzene rings is 1. The predicted molar refractivity (Wildman–Crippen MR) is 88.2 cm³/mol. The van der Waals surface area contributed by atoms with Gasteiger partial charge in [-0.15, -0.1) is 0 Å². The first-order chi connectivity index (χ1) is 11.2. The molecule has 1 aromatic rings. The van der Waals surface area contributed by atoms with Gasteiger partial charge in [0.15, 0.2) is 11.5 Å². The molecule has 2 amide bonds. The van der Waals surface area contributed by atoms with Crippen LogP contribution in [0.1, 0.15) is 24.8 Å². The Morgan fingerprint density at radius 3 is 2.78 bits per heavy atom. The summed E-state index contributed by atoms with van der Waals surface area (Å²) in [7, 11) is 3.25. The second-order valence-electron chi connectivity index (χ2n) is 5.56. The van der Waals surface area contributed by atoms with Gasteiger partial charge >= 0.3 is 6.03 Å². The van der Waals surface area contributed by atoms with Crippen molar-refractivity contribution in [1.29, 1.82) is 0 Å². The molecular formula is C17H26N2O4. The van der Waals surface area contributed by atoms with E-state index in [-0.39, 0.29) is 12.1 Å². The number of nitrogens with one attached hydrogen (secondary N) is 2. The summed E-state index contributed by atoms with van der Waals surface area (Å²) in [5.74, 6) is 1.45. The van der Waals surface area contributed by atoms with E-state index in [1.807, 2.05) is 18.2 Å². The van der Waals surface area contributed by atoms with E-state index in [1.165, 1.54) is 0 Å². The van der Waals surface area contributed by atoms with Crippen molar-refractivity contribution < 1.29 is 19.0 Å². The number of ether oxygens (including phenoxy) is 3. The van der Waals surface area contributed by atoms with Gasteiger partial charge < -0.3 is 24.8 Å². The summed E-state index contributed by atoms with van der Waals surface area (Å²) in [5.41, 5.74) is 1.16. The quantitative estimate of drug-likeness (QED) is 0.719. The van der Waals surface area contributed by atoms with Crippen LogP contribution in [0.15, 0.2) is 18.2 Å². The molecule has 6 nitrogen and oxygen atoms in total. The first-order valence-electron chi connectivity index (χ1n) is 8.07. The third-order valence-corrected chi connectivity index (χ3v) is 3.89. The smallest absolute Gasteiger partial charge is 0.314 e. The van der Waals surface area contributed by atoms with Crippen molar-refractivity contribution in [3.05, 3.63) is 23.8 Å². The van der Waals surface area contributed by atoms with Gasteiger partial charge in [-0.05, 0) is 43.4 Å². The van der Waals surface area contributed by atoms with E-state index in [9.17, 15) is 4.79 Å². The van der Waals surface area contributed by atoms with Crippen LogP contribution in [0, 0.1) is 0 Å². The maximum absolute atomic E-state index is 11.7. The predicted octanol–water partition coefficient (Wildman–Crippen LogP) is 2.11. The summed E-state index contributed by atoms with van der Waals surface area (Å²) >= 11 is 0. The van der Waals surface area contributed by atoms with Gasteiger partial charge in [-0.25, -0.2) is 4.79 Å². The van der Waals surface area contributed by atoms with Crippen LogP contribution in [0.4, 0.5) is 4.79 Å². The lowest BCUT2D eigenvalue weighted by Crippen LogP contribution is -2.40. The van der Waals surface area contributed by atoms with E-state index in [0.717, 1.165) is 49.4 Å². The average Bonchev–Trinajstić information content (AvgIpc) is 3.10. The monoisotopic (exact) mass is 322 g/mol. The van der Waals surface area contributed by atoms with E-state index < -0.39 is 0 Å². The minimum Gasteiger partial charge on any atom is -0.493 e. The lowest BCUT2D eigenvalue weighted by atomic mass is 10.1. The minimum absolute atomic E-state index is 0.132. The highest BCUT2D eigenvalue weighted by atomic mass is 16.5. The van der Waals surface area contributed by atoms with Gasteiger partial charge in [-0.1, -0.05) is 6.07 Å². The number of urea groups is 1. The van der Waals surface area contributed by atoms with Crippen LogP contribution in [0.5, 0.6) is 11.5 Å². The van der Waals surface area contributed by atoms with Gasteiger partial charge in [0.05, 0.1) is 20.3 Å². The molecule has 23 heavy (non-hydrogen) atoms. The topological polar surface area (TPSA) is 68.8 Å². The molecule has 128 valence electrons. The summed E-state index contributed by atoms with van der Waals surface area (Å²) in [4.78, 5) is 11.7. The summed E-state index contributed by atoms with van der Waals surface area (Å²) in [6.45, 7) is 2.02. The van der Waals surface area contributed by atoms with Gasteiger partial charge in [0, 0.05) is 19.7 Å². The Balaban J connectivity index is 1.63. The van der Waals surface area contributed by atoms with E-state index in [1.54, 1.807) is 14.2 Å². The summed E-state index contributed by atoms with van der Waals surface area (Å²) in [6, 6.07) is 5.75. The Morgan fingerprint density at radius 2 is 2.09 bits per heavy atom. The van der Waals surface area contributed by atoms with Crippen LogP contribution in [0.25, 0.3) is 0 Å². The third kappa shape index (κ3) is 5.63. The Bertz CT molecular complexity index is 501. The van der Waals surface area contributed by atoms with Crippen molar-refractivity contribution in [2.75, 3.05) is 33.9 Å². The molecule has 0 radical (unpaired) electrons. The van der Waals surface area contributed by atoms with Gasteiger partial charge in [0.25, 0.3) is 0 Å². The van der Waals surface area contributed by atoms with E-state index in [4.69, 9.17) is 14.2 Å². The zero-order valence-corrected chi connectivity index (χ0v) is 13.9. The Labute approximate surface area is 137 Å². The second-order valence-corrected chi connectivity index (χ2v) is 5.56. The highest BCUT2D eigenvalue weighted by Crippen LogP contribution is 2.27. The molecule has 0 aromatic heterocycles. The molecule has 1 fully saturated rings. The first kappa shape index (κ1) is 17.4. The summed E-state index contributed by atoms with van der Waals surface area (Å²) < 4.78 is 16.0. The zero-order valence-electron chi connectivity index (χ0n) is 13.9. The van der Waals surface area contributed by atoms with Crippen molar-refractivity contribution in [2.24, 2.45) is 0 Å². The van der Waals surface area contributed by atoms with Crippen molar-refractivity contribution in [3.8, 4) is 11.5 Å². The van der Waals surface area contributed by atoms with Gasteiger partial charge in [0.2, 0.25) is 0 Å². The number of carbonyl (C=O) groups excluding carboxylic acids is 1. The van der Waals surface area contributed by atoms with Gasteiger partial charge in [0.1, 0.15) is 0 Å². The molecule has 0 saturated carbocycles. The molecular weight excluding hydrogens is 296 g/mol. The largest absolute Gasteiger partial charge is 0.493 e. The van der Waals surface area contributed by atoms with Crippen LogP contribution in [-0.4, -0.2) is 46.1 Å². The summed E-state index contributed by atoms with van der Waals surface area (Å²) in [6.07, 6.45) is 4.01. The van der Waals surface area contributed by atoms with Crippen LogP contribution in [-0.2, 0) is 11.2 Å². The van der Waals surface area contributed by atoms with Crippen molar-refractivity contribution >= 4 is 6.03 Å². The van der Waals surface area contributed by atoms with Crippen molar-refractivity contribution in [3.63, 3.8) is 0 Å². The number of hydrogen-bond donors (Lipinski definition) is 2. The molecule has 1 heterocycles. The Morgan fingerprint density at radius 1 is 1.26 bits per heavy atom. The molecule has 0 unspecified atom stereocenters. The van der Waals surface area contributed by atoms with E-state index in [2.05, 4.69) is 10.6 Å². The molecule has 1 aliphatic heterocycles. The van der Waals surface area contributed by atoms with Crippen molar-refractivity contribution in [2.45, 2.75) is 31.8 Å². The average molecular weight is 322 g/mol. The number of amides is 2. The van der Waals surface area contributed by atoms with E-state index >= 15 is 0 Å². The Kier molecular flexibility index (Phi) is 7.00. The van der Waals surface area contributed by atoms with Crippen LogP contribution in [0.3, 0.4) is 0 Å². The molecule has 2 rings (SSSR count). The molecule has 0 aliphatic carbocycles. The first-order valence-corrected chi connectivity index (χ1v) is 8.07. The minimum atomic E-state index is -0.132. The fourth-order valence-corrected chi connectivity index (χ4v) is 2.60. The van der Waals surface area contributed by atoms with E-state index in [0.29, 0.717) is 13.1 Å². The molecule has 0 spiro atoms. The molecule has 0 bridgehead atoms. The molecule has 6 heteroatoms. The van der Waals surface area contributed by atoms with Crippen molar-refractivity contribution in [1.82, 2.24) is 10.6 Å². The maximum Gasteiger partial charge on any atom is 0.314 e. The molecule has 2 N–H and O–H groups in total. The fourth-order valence-electron chi connectivity index (χ4n) is 2.60. The number of carbonyl (C=O) groups is 1. The van der Waals surface area contributed by atoms with Crippen LogP contribution in [0.2, 0.25) is 0 Å². The lowest BCUT2D eigenvalue weighted by Gasteiger charge is -2.12. The molecule has 1 aromatic carbocycles. The Hall–Kier alpha value is -1.95. The maximum atomic E-state index is 11.7. The fraction of sp³-hybridized carbons (Fsp3) is 0.588. The number of rotatable bonds is 8. The summed E-state index contributed by atoms with van der Waals surface area (Å²) in [5, 5.41) is 5.71. The highest BCUT2D eigenvalue weighted by molar-refractivity contribution is 5.73. The number of aryl methyl sites for hydroxylation is 1. The zero-order chi connectivity index (χ0) is 16.5. The number of methoxy groups -OCH3 is 2. The number of hydrogen-bond acceptors (Lipinski definition) is 4. The SMILES string of the molecule is COc1ccc(CCCNC(=O)NC[C@@H]2CCCO2)cc1OC. The van der Waals surface area contributed by atoms with Crippen LogP contribution >= 0.6 is 0 Å². The standard InChI is InChI=1S/C17H26N2O4/c1-21-15-8-7-13(11-16(15)22-2)5-3-9-18-17(20)19-12-14-6-4-10-23-14/h7-8,11,14H,3-6,9-10,12H2,1-2H3,(H2,18,19,20)/t14-/m0/s1. The lowest BCUT2D eigenvalue weighted by molar-refractivity contribution is 0.111. The third-order valence-electron chi connectivity index (χ3n) is 3.89. The van der Waals surface area contributed by atoms with Crippen LogP contribution < -0.4 is 20.1 Å². The molecule has 1 atom stereocenters. The second kappa shape index (κ2) is 9.25. The van der Waals surface area contributed by atoms with Gasteiger partial charge in [-0.3, -0.25) is 0 Å². The molecule has 1 aliphatic rings. The molecule has 1 saturated heterocycles.